The Hall–Kier alpha value is -2.82. The lowest BCUT2D eigenvalue weighted by Crippen LogP contribution is -2.12. The molecule has 0 saturated carbocycles. The zero-order valence-electron chi connectivity index (χ0n) is 13.6. The van der Waals surface area contributed by atoms with E-state index < -0.39 is 0 Å². The van der Waals surface area contributed by atoms with Gasteiger partial charge in [-0.1, -0.05) is 41.9 Å². The van der Waals surface area contributed by atoms with Crippen LogP contribution in [0.2, 0.25) is 5.02 Å². The van der Waals surface area contributed by atoms with Gasteiger partial charge < -0.3 is 13.9 Å². The van der Waals surface area contributed by atoms with Crippen molar-refractivity contribution in [2.45, 2.75) is 6.61 Å². The number of hydrogen-bond acceptors (Lipinski definition) is 4. The van der Waals surface area contributed by atoms with Crippen molar-refractivity contribution in [2.24, 2.45) is 0 Å². The van der Waals surface area contributed by atoms with Crippen LogP contribution < -0.4 is 10.2 Å². The fraction of sp³-hybridized carbons (Fsp3) is 0.0952. The summed E-state index contributed by atoms with van der Waals surface area (Å²) in [7, 11) is 0. The van der Waals surface area contributed by atoms with Crippen molar-refractivity contribution < 1.29 is 13.9 Å². The van der Waals surface area contributed by atoms with Crippen molar-refractivity contribution in [1.82, 2.24) is 0 Å². The molecular weight excluding hydrogens is 352 g/mol. The van der Waals surface area contributed by atoms with E-state index >= 15 is 0 Å². The van der Waals surface area contributed by atoms with Crippen LogP contribution in [-0.2, 0) is 11.3 Å². The van der Waals surface area contributed by atoms with Gasteiger partial charge in [0.05, 0.1) is 17.6 Å². The third kappa shape index (κ3) is 2.38. The largest absolute Gasteiger partial charge is 0.466 e. The third-order valence-corrected chi connectivity index (χ3v) is 4.78. The Bertz CT molecular complexity index is 1230. The van der Waals surface area contributed by atoms with E-state index in [-0.39, 0.29) is 12.2 Å². The first-order chi connectivity index (χ1) is 12.7. The van der Waals surface area contributed by atoms with Crippen LogP contribution in [0.15, 0.2) is 63.8 Å². The minimum atomic E-state index is -0.104. The quantitative estimate of drug-likeness (QED) is 0.439. The van der Waals surface area contributed by atoms with Crippen molar-refractivity contribution in [2.75, 3.05) is 6.79 Å². The summed E-state index contributed by atoms with van der Waals surface area (Å²) >= 11 is 6.25. The predicted octanol–water partition coefficient (Wildman–Crippen LogP) is 5.13. The molecule has 128 valence electrons. The number of hydrogen-bond donors (Lipinski definition) is 0. The lowest BCUT2D eigenvalue weighted by atomic mass is 10.0. The highest BCUT2D eigenvalue weighted by Gasteiger charge is 2.20. The first-order valence-electron chi connectivity index (χ1n) is 8.20. The smallest absolute Gasteiger partial charge is 0.193 e. The monoisotopic (exact) mass is 364 g/mol. The van der Waals surface area contributed by atoms with E-state index in [1.54, 1.807) is 18.2 Å². The molecule has 0 atom stereocenters. The van der Waals surface area contributed by atoms with Gasteiger partial charge in [-0.05, 0) is 23.6 Å². The first kappa shape index (κ1) is 15.4. The lowest BCUT2D eigenvalue weighted by molar-refractivity contribution is -0.0159. The Morgan fingerprint density at radius 1 is 0.962 bits per heavy atom. The number of benzene rings is 3. The van der Waals surface area contributed by atoms with Gasteiger partial charge >= 0.3 is 0 Å². The van der Waals surface area contributed by atoms with Gasteiger partial charge in [0.25, 0.3) is 0 Å². The lowest BCUT2D eigenvalue weighted by Gasteiger charge is -2.20. The van der Waals surface area contributed by atoms with Crippen LogP contribution in [0.5, 0.6) is 5.75 Å². The van der Waals surface area contributed by atoms with Gasteiger partial charge in [0.2, 0.25) is 0 Å². The third-order valence-electron chi connectivity index (χ3n) is 4.56. The summed E-state index contributed by atoms with van der Waals surface area (Å²) in [5.74, 6) is 1.07. The molecule has 0 N–H and O–H groups in total. The number of fused-ring (bicyclic) bond motifs is 4. The molecule has 0 spiro atoms. The summed E-state index contributed by atoms with van der Waals surface area (Å²) in [6.45, 7) is 0.562. The van der Waals surface area contributed by atoms with E-state index in [0.717, 1.165) is 16.3 Å². The minimum absolute atomic E-state index is 0.104. The Morgan fingerprint density at radius 2 is 1.85 bits per heavy atom. The number of rotatable bonds is 1. The molecule has 0 radical (unpaired) electrons. The summed E-state index contributed by atoms with van der Waals surface area (Å²) in [4.78, 5) is 12.7. The predicted molar refractivity (Wildman–Crippen MR) is 101 cm³/mol. The summed E-state index contributed by atoms with van der Waals surface area (Å²) in [6.07, 6.45) is 0. The van der Waals surface area contributed by atoms with Crippen molar-refractivity contribution in [3.63, 3.8) is 0 Å². The summed E-state index contributed by atoms with van der Waals surface area (Å²) in [6, 6.07) is 16.6. The zero-order chi connectivity index (χ0) is 17.7. The average Bonchev–Trinajstić information content (AvgIpc) is 2.67. The van der Waals surface area contributed by atoms with Crippen molar-refractivity contribution in [1.29, 1.82) is 0 Å². The van der Waals surface area contributed by atoms with Crippen LogP contribution in [0, 0.1) is 0 Å². The van der Waals surface area contributed by atoms with Gasteiger partial charge in [0.15, 0.2) is 12.2 Å². The molecule has 26 heavy (non-hydrogen) atoms. The summed E-state index contributed by atoms with van der Waals surface area (Å²) in [5.41, 5.74) is 1.95. The van der Waals surface area contributed by atoms with Gasteiger partial charge in [-0.15, -0.1) is 0 Å². The molecule has 1 aromatic heterocycles. The molecule has 5 heteroatoms. The molecular formula is C21H13ClO4. The highest BCUT2D eigenvalue weighted by molar-refractivity contribution is 6.31. The molecule has 1 aliphatic rings. The molecule has 5 rings (SSSR count). The Kier molecular flexibility index (Phi) is 3.48. The van der Waals surface area contributed by atoms with Crippen molar-refractivity contribution in [3.8, 4) is 17.1 Å². The van der Waals surface area contributed by atoms with Crippen LogP contribution in [0.3, 0.4) is 0 Å². The van der Waals surface area contributed by atoms with Crippen molar-refractivity contribution in [3.05, 3.63) is 75.4 Å². The second-order valence-electron chi connectivity index (χ2n) is 6.19. The SMILES string of the molecule is O=c1cc(-c2cc(Cl)cc3c2OCOC3)oc2c1ccc1ccccc12. The fourth-order valence-corrected chi connectivity index (χ4v) is 3.62. The van der Waals surface area contributed by atoms with E-state index in [9.17, 15) is 4.79 Å². The highest BCUT2D eigenvalue weighted by Crippen LogP contribution is 2.39. The maximum atomic E-state index is 12.7. The van der Waals surface area contributed by atoms with Gasteiger partial charge in [-0.25, -0.2) is 0 Å². The Labute approximate surface area is 153 Å². The minimum Gasteiger partial charge on any atom is -0.466 e. The maximum absolute atomic E-state index is 12.7. The molecule has 0 saturated heterocycles. The van der Waals surface area contributed by atoms with E-state index in [0.29, 0.717) is 39.7 Å². The van der Waals surface area contributed by atoms with E-state index in [1.165, 1.54) is 6.07 Å². The van der Waals surface area contributed by atoms with Crippen LogP contribution in [0.25, 0.3) is 33.1 Å². The molecule has 0 aliphatic carbocycles. The molecule has 2 heterocycles. The second kappa shape index (κ2) is 5.87. The summed E-state index contributed by atoms with van der Waals surface area (Å²) in [5, 5.41) is 2.99. The molecule has 0 fully saturated rings. The average molecular weight is 365 g/mol. The molecule has 4 nitrogen and oxygen atoms in total. The van der Waals surface area contributed by atoms with Crippen LogP contribution >= 0.6 is 11.6 Å². The molecule has 3 aromatic carbocycles. The molecule has 0 amide bonds. The second-order valence-corrected chi connectivity index (χ2v) is 6.63. The van der Waals surface area contributed by atoms with E-state index in [4.69, 9.17) is 25.5 Å². The van der Waals surface area contributed by atoms with Crippen LogP contribution in [0.1, 0.15) is 5.56 Å². The standard InChI is InChI=1S/C21H13ClO4/c22-14-7-13-10-24-11-25-20(13)17(8-14)19-9-18(23)16-6-5-12-3-1-2-4-15(12)21(16)26-19/h1-9H,10-11H2. The summed E-state index contributed by atoms with van der Waals surface area (Å²) < 4.78 is 17.2. The molecule has 4 aromatic rings. The van der Waals surface area contributed by atoms with E-state index in [2.05, 4.69) is 0 Å². The maximum Gasteiger partial charge on any atom is 0.193 e. The van der Waals surface area contributed by atoms with E-state index in [1.807, 2.05) is 30.3 Å². The van der Waals surface area contributed by atoms with Gasteiger partial charge in [0.1, 0.15) is 17.1 Å². The molecule has 0 unspecified atom stereocenters. The number of halogens is 1. The van der Waals surface area contributed by atoms with Crippen molar-refractivity contribution >= 4 is 33.3 Å². The Morgan fingerprint density at radius 3 is 2.77 bits per heavy atom. The normalized spacial score (nSPS) is 13.6. The first-order valence-corrected chi connectivity index (χ1v) is 8.57. The Balaban J connectivity index is 1.85. The highest BCUT2D eigenvalue weighted by atomic mass is 35.5. The fourth-order valence-electron chi connectivity index (χ4n) is 3.38. The van der Waals surface area contributed by atoms with Crippen LogP contribution in [0.4, 0.5) is 0 Å². The van der Waals surface area contributed by atoms with Crippen LogP contribution in [-0.4, -0.2) is 6.79 Å². The number of ether oxygens (including phenoxy) is 2. The molecule has 1 aliphatic heterocycles. The van der Waals surface area contributed by atoms with Gasteiger partial charge in [-0.3, -0.25) is 4.79 Å². The molecule has 0 bridgehead atoms. The zero-order valence-corrected chi connectivity index (χ0v) is 14.4. The van der Waals surface area contributed by atoms with Gasteiger partial charge in [0, 0.05) is 22.0 Å². The topological polar surface area (TPSA) is 48.7 Å². The van der Waals surface area contributed by atoms with Gasteiger partial charge in [-0.2, -0.15) is 0 Å².